The van der Waals surface area contributed by atoms with Gasteiger partial charge in [-0.3, -0.25) is 14.6 Å². The van der Waals surface area contributed by atoms with E-state index in [0.717, 1.165) is 42.6 Å². The average molecular weight is 495 g/mol. The van der Waals surface area contributed by atoms with Crippen LogP contribution in [0.15, 0.2) is 69.9 Å². The fourth-order valence-corrected chi connectivity index (χ4v) is 6.13. The van der Waals surface area contributed by atoms with Crippen molar-refractivity contribution >= 4 is 28.8 Å². The SMILES string of the molecule is CC1=NCC(C)=C1c1ccc(NC(=O)[C@@H](NC(=O)c2conc2C)C2c3ccccc3CC23CC3)cc1. The van der Waals surface area contributed by atoms with Crippen molar-refractivity contribution in [1.82, 2.24) is 10.5 Å². The van der Waals surface area contributed by atoms with Crippen LogP contribution in [-0.2, 0) is 11.2 Å². The molecule has 2 aliphatic carbocycles. The molecule has 1 aliphatic heterocycles. The summed E-state index contributed by atoms with van der Waals surface area (Å²) in [5.41, 5.74) is 8.49. The van der Waals surface area contributed by atoms with E-state index in [9.17, 15) is 9.59 Å². The molecule has 2 aromatic carbocycles. The number of carbonyl (C=O) groups is 2. The number of hydrogen-bond donors (Lipinski definition) is 2. The molecule has 1 spiro atoms. The number of fused-ring (bicyclic) bond motifs is 1. The number of benzene rings is 2. The van der Waals surface area contributed by atoms with Gasteiger partial charge in [-0.05, 0) is 79.8 Å². The average Bonchev–Trinajstić information content (AvgIpc) is 3.21. The quantitative estimate of drug-likeness (QED) is 0.499. The molecule has 1 unspecified atom stereocenters. The number of nitrogens with one attached hydrogen (secondary N) is 2. The first kappa shape index (κ1) is 23.4. The zero-order chi connectivity index (χ0) is 25.7. The lowest BCUT2D eigenvalue weighted by Crippen LogP contribution is -2.49. The van der Waals surface area contributed by atoms with Gasteiger partial charge in [0.15, 0.2) is 0 Å². The molecular formula is C30H30N4O3. The summed E-state index contributed by atoms with van der Waals surface area (Å²) >= 11 is 0. The molecule has 37 heavy (non-hydrogen) atoms. The predicted molar refractivity (Wildman–Crippen MR) is 143 cm³/mol. The highest BCUT2D eigenvalue weighted by Crippen LogP contribution is 2.64. The van der Waals surface area contributed by atoms with Gasteiger partial charge in [0.2, 0.25) is 5.91 Å². The molecule has 0 bridgehead atoms. The van der Waals surface area contributed by atoms with Crippen molar-refractivity contribution in [2.45, 2.75) is 52.0 Å². The largest absolute Gasteiger partial charge is 0.364 e. The summed E-state index contributed by atoms with van der Waals surface area (Å²) in [4.78, 5) is 31.6. The third-order valence-electron chi connectivity index (χ3n) is 8.16. The van der Waals surface area contributed by atoms with Crippen molar-refractivity contribution in [3.8, 4) is 0 Å². The summed E-state index contributed by atoms with van der Waals surface area (Å²) in [7, 11) is 0. The van der Waals surface area contributed by atoms with Crippen molar-refractivity contribution in [1.29, 1.82) is 0 Å². The van der Waals surface area contributed by atoms with E-state index in [4.69, 9.17) is 4.52 Å². The summed E-state index contributed by atoms with van der Waals surface area (Å²) in [6, 6.07) is 15.4. The number of hydrogen-bond acceptors (Lipinski definition) is 5. The molecule has 7 heteroatoms. The molecule has 1 aromatic heterocycles. The smallest absolute Gasteiger partial charge is 0.257 e. The van der Waals surface area contributed by atoms with Crippen LogP contribution >= 0.6 is 0 Å². The Kier molecular flexibility index (Phi) is 5.59. The second-order valence-electron chi connectivity index (χ2n) is 10.6. The summed E-state index contributed by atoms with van der Waals surface area (Å²) in [6.45, 7) is 6.58. The van der Waals surface area contributed by atoms with Crippen molar-refractivity contribution in [3.63, 3.8) is 0 Å². The van der Waals surface area contributed by atoms with E-state index in [1.165, 1.54) is 23.0 Å². The molecular weight excluding hydrogens is 464 g/mol. The number of aliphatic imine (C=N–C) groups is 1. The normalized spacial score (nSPS) is 20.0. The van der Waals surface area contributed by atoms with Crippen LogP contribution in [0.4, 0.5) is 5.69 Å². The third-order valence-corrected chi connectivity index (χ3v) is 8.16. The predicted octanol–water partition coefficient (Wildman–Crippen LogP) is 5.09. The molecule has 1 fully saturated rings. The van der Waals surface area contributed by atoms with Gasteiger partial charge in [0.25, 0.3) is 5.91 Å². The first-order valence-electron chi connectivity index (χ1n) is 12.8. The van der Waals surface area contributed by atoms with E-state index in [-0.39, 0.29) is 23.1 Å². The number of nitrogens with zero attached hydrogens (tertiary/aromatic N) is 2. The van der Waals surface area contributed by atoms with E-state index < -0.39 is 6.04 Å². The van der Waals surface area contributed by atoms with Gasteiger partial charge in [0.1, 0.15) is 17.9 Å². The number of carbonyl (C=O) groups excluding carboxylic acids is 2. The minimum Gasteiger partial charge on any atom is -0.364 e. The maximum atomic E-state index is 13.9. The van der Waals surface area contributed by atoms with Gasteiger partial charge in [0, 0.05) is 22.9 Å². The minimum absolute atomic E-state index is 0.00978. The van der Waals surface area contributed by atoms with Gasteiger partial charge in [-0.15, -0.1) is 0 Å². The maximum Gasteiger partial charge on any atom is 0.257 e. The molecule has 2 heterocycles. The van der Waals surface area contributed by atoms with E-state index in [0.29, 0.717) is 16.9 Å². The molecule has 3 aliphatic rings. The topological polar surface area (TPSA) is 96.6 Å². The number of amides is 2. The van der Waals surface area contributed by atoms with E-state index in [2.05, 4.69) is 39.8 Å². The summed E-state index contributed by atoms with van der Waals surface area (Å²) in [5, 5.41) is 9.97. The van der Waals surface area contributed by atoms with Gasteiger partial charge < -0.3 is 15.2 Å². The third kappa shape index (κ3) is 4.08. The van der Waals surface area contributed by atoms with Crippen LogP contribution in [-0.4, -0.2) is 35.3 Å². The summed E-state index contributed by atoms with van der Waals surface area (Å²) in [5.74, 6) is -0.678. The Morgan fingerprint density at radius 1 is 1.05 bits per heavy atom. The zero-order valence-electron chi connectivity index (χ0n) is 21.3. The maximum absolute atomic E-state index is 13.9. The van der Waals surface area contributed by atoms with Crippen molar-refractivity contribution in [2.75, 3.05) is 11.9 Å². The van der Waals surface area contributed by atoms with Gasteiger partial charge in [-0.25, -0.2) is 0 Å². The van der Waals surface area contributed by atoms with Crippen LogP contribution in [0.1, 0.15) is 65.3 Å². The molecule has 6 rings (SSSR count). The fraction of sp³-hybridized carbons (Fsp3) is 0.333. The molecule has 2 amide bonds. The number of anilines is 1. The van der Waals surface area contributed by atoms with Gasteiger partial charge in [0.05, 0.1) is 12.2 Å². The second-order valence-corrected chi connectivity index (χ2v) is 10.6. The molecule has 1 saturated carbocycles. The van der Waals surface area contributed by atoms with Crippen molar-refractivity contribution in [2.24, 2.45) is 10.4 Å². The van der Waals surface area contributed by atoms with Crippen LogP contribution in [0.25, 0.3) is 5.57 Å². The van der Waals surface area contributed by atoms with Gasteiger partial charge in [-0.2, -0.15) is 0 Å². The zero-order valence-corrected chi connectivity index (χ0v) is 21.3. The lowest BCUT2D eigenvalue weighted by molar-refractivity contribution is -0.118. The number of aryl methyl sites for hydroxylation is 1. The van der Waals surface area contributed by atoms with Crippen LogP contribution in [0.3, 0.4) is 0 Å². The van der Waals surface area contributed by atoms with Crippen LogP contribution in [0.5, 0.6) is 0 Å². The lowest BCUT2D eigenvalue weighted by Gasteiger charge is -2.29. The highest BCUT2D eigenvalue weighted by Gasteiger charge is 2.58. The Labute approximate surface area is 216 Å². The Morgan fingerprint density at radius 3 is 2.46 bits per heavy atom. The number of rotatable bonds is 6. The highest BCUT2D eigenvalue weighted by molar-refractivity contribution is 6.25. The van der Waals surface area contributed by atoms with Crippen LogP contribution in [0.2, 0.25) is 0 Å². The Bertz CT molecular complexity index is 1460. The molecule has 7 nitrogen and oxygen atoms in total. The van der Waals surface area contributed by atoms with Gasteiger partial charge in [-0.1, -0.05) is 41.6 Å². The summed E-state index contributed by atoms with van der Waals surface area (Å²) in [6.07, 6.45) is 4.35. The van der Waals surface area contributed by atoms with Crippen LogP contribution < -0.4 is 10.6 Å². The second kappa shape index (κ2) is 8.83. The van der Waals surface area contributed by atoms with E-state index in [1.807, 2.05) is 43.3 Å². The molecule has 3 aromatic rings. The molecule has 188 valence electrons. The van der Waals surface area contributed by atoms with E-state index in [1.54, 1.807) is 6.92 Å². The highest BCUT2D eigenvalue weighted by atomic mass is 16.5. The Morgan fingerprint density at radius 2 is 1.81 bits per heavy atom. The molecule has 0 saturated heterocycles. The summed E-state index contributed by atoms with van der Waals surface area (Å²) < 4.78 is 4.98. The van der Waals surface area contributed by atoms with Gasteiger partial charge >= 0.3 is 0 Å². The van der Waals surface area contributed by atoms with Crippen molar-refractivity contribution in [3.05, 3.63) is 88.3 Å². The minimum atomic E-state index is -0.734. The first-order chi connectivity index (χ1) is 17.9. The fourth-order valence-electron chi connectivity index (χ4n) is 6.13. The lowest BCUT2D eigenvalue weighted by atomic mass is 9.82. The number of aromatic nitrogens is 1. The Balaban J connectivity index is 1.30. The van der Waals surface area contributed by atoms with Crippen LogP contribution in [0, 0.1) is 12.3 Å². The number of allylic oxidation sites excluding steroid dienone is 1. The molecule has 0 radical (unpaired) electrons. The molecule has 2 N–H and O–H groups in total. The van der Waals surface area contributed by atoms with E-state index >= 15 is 0 Å². The monoisotopic (exact) mass is 494 g/mol. The first-order valence-corrected chi connectivity index (χ1v) is 12.8. The molecule has 2 atom stereocenters. The van der Waals surface area contributed by atoms with Crippen molar-refractivity contribution < 1.29 is 14.1 Å². The Hall–Kier alpha value is -4.00. The standard InChI is InChI=1S/C30H30N4O3/c1-17-15-31-19(3)25(17)20-8-10-22(11-9-20)32-29(36)27(33-28(35)24-16-37-34-18(24)2)26-23-7-5-4-6-21(23)14-30(26)12-13-30/h4-11,16,26-27H,12-15H2,1-3H3,(H,32,36)(H,33,35)/t26?,27-/m0/s1.